The number of fused-ring (bicyclic) bond motifs is 1. The van der Waals surface area contributed by atoms with Gasteiger partial charge in [-0.3, -0.25) is 0 Å². The predicted octanol–water partition coefficient (Wildman–Crippen LogP) is 1.58. The molecule has 2 aliphatic heterocycles. The summed E-state index contributed by atoms with van der Waals surface area (Å²) in [7, 11) is 0. The van der Waals surface area contributed by atoms with Gasteiger partial charge in [0.2, 0.25) is 0 Å². The third kappa shape index (κ3) is 2.09. The Bertz CT molecular complexity index is 440. The number of ether oxygens (including phenoxy) is 3. The van der Waals surface area contributed by atoms with Crippen LogP contribution in [0.4, 0.5) is 0 Å². The average molecular weight is 232 g/mol. The predicted molar refractivity (Wildman–Crippen MR) is 59.0 cm³/mol. The second-order valence-electron chi connectivity index (χ2n) is 4.01. The summed E-state index contributed by atoms with van der Waals surface area (Å²) in [5, 5.41) is 0. The Morgan fingerprint density at radius 2 is 2.00 bits per heavy atom. The largest absolute Gasteiger partial charge is 0.454 e. The Kier molecular flexibility index (Phi) is 2.66. The van der Waals surface area contributed by atoms with Crippen LogP contribution < -0.4 is 0 Å². The minimum absolute atomic E-state index is 0.216. The molecule has 0 amide bonds. The topological polar surface area (TPSA) is 44.8 Å². The van der Waals surface area contributed by atoms with Crippen LogP contribution in [0.2, 0.25) is 0 Å². The lowest BCUT2D eigenvalue weighted by Gasteiger charge is -2.36. The van der Waals surface area contributed by atoms with Gasteiger partial charge in [-0.2, -0.15) is 0 Å². The maximum atomic E-state index is 11.0. The molecule has 1 fully saturated rings. The third-order valence-corrected chi connectivity index (χ3v) is 2.82. The van der Waals surface area contributed by atoms with Crippen LogP contribution in [0.5, 0.6) is 0 Å². The number of carbonyl (C=O) groups is 1. The molecule has 0 aliphatic carbocycles. The highest BCUT2D eigenvalue weighted by molar-refractivity contribution is 5.83. The van der Waals surface area contributed by atoms with Gasteiger partial charge in [0.05, 0.1) is 6.61 Å². The molecule has 0 bridgehead atoms. The van der Waals surface area contributed by atoms with E-state index in [4.69, 9.17) is 14.2 Å². The van der Waals surface area contributed by atoms with Crippen LogP contribution in [0.1, 0.15) is 11.9 Å². The van der Waals surface area contributed by atoms with Gasteiger partial charge in [-0.25, -0.2) is 4.79 Å². The molecule has 4 nitrogen and oxygen atoms in total. The Hall–Kier alpha value is -1.65. The van der Waals surface area contributed by atoms with Crippen LogP contribution in [0.25, 0.3) is 0 Å². The van der Waals surface area contributed by atoms with Gasteiger partial charge in [-0.1, -0.05) is 30.3 Å². The van der Waals surface area contributed by atoms with Crippen molar-refractivity contribution in [3.05, 3.63) is 48.0 Å². The third-order valence-electron chi connectivity index (χ3n) is 2.82. The number of rotatable bonds is 1. The summed E-state index contributed by atoms with van der Waals surface area (Å²) in [6.45, 7) is 0.361. The van der Waals surface area contributed by atoms with Crippen molar-refractivity contribution in [1.29, 1.82) is 0 Å². The summed E-state index contributed by atoms with van der Waals surface area (Å²) < 4.78 is 16.4. The van der Waals surface area contributed by atoms with E-state index in [-0.39, 0.29) is 24.5 Å². The molecule has 2 aliphatic rings. The average Bonchev–Trinajstić information content (AvgIpc) is 2.39. The number of hydrogen-bond donors (Lipinski definition) is 0. The first kappa shape index (κ1) is 10.5. The first-order chi connectivity index (χ1) is 8.33. The quantitative estimate of drug-likeness (QED) is 0.690. The van der Waals surface area contributed by atoms with Crippen molar-refractivity contribution in [2.24, 2.45) is 0 Å². The molecule has 0 aromatic heterocycles. The second kappa shape index (κ2) is 4.31. The van der Waals surface area contributed by atoms with E-state index in [9.17, 15) is 4.79 Å². The first-order valence-electron chi connectivity index (χ1n) is 5.54. The number of benzene rings is 1. The molecular formula is C13H12O4. The van der Waals surface area contributed by atoms with Crippen molar-refractivity contribution in [3.63, 3.8) is 0 Å². The SMILES string of the molecule is O=C1C=C[C@@H]2O[C@H](c3ccccc3)OC[C@H]2O1. The van der Waals surface area contributed by atoms with Gasteiger partial charge in [0.25, 0.3) is 0 Å². The molecular weight excluding hydrogens is 220 g/mol. The summed E-state index contributed by atoms with van der Waals surface area (Å²) in [4.78, 5) is 11.0. The zero-order chi connectivity index (χ0) is 11.7. The fourth-order valence-corrected chi connectivity index (χ4v) is 1.96. The smallest absolute Gasteiger partial charge is 0.330 e. The summed E-state index contributed by atoms with van der Waals surface area (Å²) in [5.74, 6) is -0.336. The molecule has 3 rings (SSSR count). The van der Waals surface area contributed by atoms with E-state index in [1.807, 2.05) is 30.3 Å². The van der Waals surface area contributed by atoms with Gasteiger partial charge in [0, 0.05) is 11.6 Å². The van der Waals surface area contributed by atoms with Crippen LogP contribution in [0.3, 0.4) is 0 Å². The molecule has 4 heteroatoms. The van der Waals surface area contributed by atoms with E-state index in [0.717, 1.165) is 5.56 Å². The Morgan fingerprint density at radius 1 is 1.18 bits per heavy atom. The Labute approximate surface area is 98.8 Å². The van der Waals surface area contributed by atoms with Crippen molar-refractivity contribution < 1.29 is 19.0 Å². The van der Waals surface area contributed by atoms with Crippen molar-refractivity contribution >= 4 is 5.97 Å². The number of hydrogen-bond acceptors (Lipinski definition) is 4. The Balaban J connectivity index is 1.76. The zero-order valence-electron chi connectivity index (χ0n) is 9.11. The molecule has 0 spiro atoms. The molecule has 0 N–H and O–H groups in total. The second-order valence-corrected chi connectivity index (χ2v) is 4.01. The maximum absolute atomic E-state index is 11.0. The molecule has 3 atom stereocenters. The molecule has 0 radical (unpaired) electrons. The standard InChI is InChI=1S/C13H12O4/c14-12-7-6-10-11(16-12)8-15-13(17-10)9-4-2-1-3-5-9/h1-7,10-11,13H,8H2/t10-,11+,13+/m0/s1. The van der Waals surface area contributed by atoms with Crippen molar-refractivity contribution in [3.8, 4) is 0 Å². The van der Waals surface area contributed by atoms with E-state index >= 15 is 0 Å². The molecule has 1 aromatic carbocycles. The van der Waals surface area contributed by atoms with Gasteiger partial charge in [-0.15, -0.1) is 0 Å². The number of carbonyl (C=O) groups excluding carboxylic acids is 1. The van der Waals surface area contributed by atoms with Crippen molar-refractivity contribution in [2.45, 2.75) is 18.5 Å². The molecule has 2 heterocycles. The van der Waals surface area contributed by atoms with E-state index in [0.29, 0.717) is 6.61 Å². The minimum atomic E-state index is -0.390. The maximum Gasteiger partial charge on any atom is 0.330 e. The van der Waals surface area contributed by atoms with Gasteiger partial charge in [-0.05, 0) is 6.08 Å². The number of esters is 1. The van der Waals surface area contributed by atoms with Crippen LogP contribution in [-0.4, -0.2) is 24.8 Å². The highest BCUT2D eigenvalue weighted by Gasteiger charge is 2.35. The van der Waals surface area contributed by atoms with Crippen LogP contribution in [-0.2, 0) is 19.0 Å². The zero-order valence-corrected chi connectivity index (χ0v) is 9.11. The summed E-state index contributed by atoms with van der Waals surface area (Å²) in [5.41, 5.74) is 0.969. The van der Waals surface area contributed by atoms with E-state index in [2.05, 4.69) is 0 Å². The summed E-state index contributed by atoms with van der Waals surface area (Å²) in [6, 6.07) is 9.71. The lowest BCUT2D eigenvalue weighted by Crippen LogP contribution is -2.44. The van der Waals surface area contributed by atoms with Crippen molar-refractivity contribution in [1.82, 2.24) is 0 Å². The lowest BCUT2D eigenvalue weighted by atomic mass is 10.1. The fourth-order valence-electron chi connectivity index (χ4n) is 1.96. The highest BCUT2D eigenvalue weighted by Crippen LogP contribution is 2.29. The first-order valence-corrected chi connectivity index (χ1v) is 5.54. The monoisotopic (exact) mass is 232 g/mol. The molecule has 0 saturated carbocycles. The highest BCUT2D eigenvalue weighted by atomic mass is 16.7. The summed E-state index contributed by atoms with van der Waals surface area (Å²) >= 11 is 0. The molecule has 17 heavy (non-hydrogen) atoms. The van der Waals surface area contributed by atoms with Crippen molar-refractivity contribution in [2.75, 3.05) is 6.61 Å². The van der Waals surface area contributed by atoms with Crippen LogP contribution >= 0.6 is 0 Å². The fraction of sp³-hybridized carbons (Fsp3) is 0.308. The molecule has 88 valence electrons. The van der Waals surface area contributed by atoms with Gasteiger partial charge in [0.15, 0.2) is 12.4 Å². The molecule has 1 saturated heterocycles. The van der Waals surface area contributed by atoms with E-state index < -0.39 is 0 Å². The van der Waals surface area contributed by atoms with Gasteiger partial charge < -0.3 is 14.2 Å². The Morgan fingerprint density at radius 3 is 2.82 bits per heavy atom. The lowest BCUT2D eigenvalue weighted by molar-refractivity contribution is -0.251. The minimum Gasteiger partial charge on any atom is -0.454 e. The van der Waals surface area contributed by atoms with Gasteiger partial charge in [0.1, 0.15) is 6.10 Å². The van der Waals surface area contributed by atoms with Gasteiger partial charge >= 0.3 is 5.97 Å². The van der Waals surface area contributed by atoms with Crippen LogP contribution in [0.15, 0.2) is 42.5 Å². The molecule has 1 aromatic rings. The van der Waals surface area contributed by atoms with E-state index in [1.54, 1.807) is 6.08 Å². The van der Waals surface area contributed by atoms with E-state index in [1.165, 1.54) is 6.08 Å². The molecule has 0 unspecified atom stereocenters. The normalized spacial score (nSPS) is 31.8. The summed E-state index contributed by atoms with van der Waals surface area (Å²) in [6.07, 6.45) is 2.20. The van der Waals surface area contributed by atoms with Crippen LogP contribution in [0, 0.1) is 0 Å².